The maximum atomic E-state index is 12.8. The largest absolute Gasteiger partial charge is 0.352 e. The molecular formula is C20H25ClN2O3S. The van der Waals surface area contributed by atoms with Crippen LogP contribution in [0, 0.1) is 13.8 Å². The Morgan fingerprint density at radius 2 is 1.81 bits per heavy atom. The monoisotopic (exact) mass is 408 g/mol. The summed E-state index contributed by atoms with van der Waals surface area (Å²) in [6.45, 7) is 6.40. The topological polar surface area (TPSA) is 75.3 Å². The summed E-state index contributed by atoms with van der Waals surface area (Å²) in [5.74, 6) is -0.314. The number of carbonyl (C=O) groups excluding carboxylic acids is 1. The summed E-state index contributed by atoms with van der Waals surface area (Å²) in [6, 6.07) is 9.68. The van der Waals surface area contributed by atoms with Crippen LogP contribution in [-0.2, 0) is 10.0 Å². The molecule has 0 saturated heterocycles. The predicted molar refractivity (Wildman–Crippen MR) is 110 cm³/mol. The third-order valence-electron chi connectivity index (χ3n) is 4.18. The lowest BCUT2D eigenvalue weighted by Crippen LogP contribution is -2.25. The van der Waals surface area contributed by atoms with Gasteiger partial charge in [-0.15, -0.1) is 0 Å². The molecular weight excluding hydrogens is 384 g/mol. The summed E-state index contributed by atoms with van der Waals surface area (Å²) in [5, 5.41) is 2.86. The van der Waals surface area contributed by atoms with E-state index < -0.39 is 10.0 Å². The van der Waals surface area contributed by atoms with Gasteiger partial charge in [0, 0.05) is 12.1 Å². The summed E-state index contributed by atoms with van der Waals surface area (Å²) in [5.41, 5.74) is 2.58. The zero-order chi connectivity index (χ0) is 20.0. The number of nitrogens with one attached hydrogen (secondary N) is 2. The molecule has 0 aromatic heterocycles. The van der Waals surface area contributed by atoms with E-state index in [1.54, 1.807) is 6.07 Å². The van der Waals surface area contributed by atoms with Gasteiger partial charge in [-0.3, -0.25) is 9.52 Å². The van der Waals surface area contributed by atoms with Crippen molar-refractivity contribution in [1.29, 1.82) is 0 Å². The van der Waals surface area contributed by atoms with Gasteiger partial charge < -0.3 is 5.32 Å². The van der Waals surface area contributed by atoms with Crippen LogP contribution in [0.4, 0.5) is 5.69 Å². The number of halogens is 1. The average molecular weight is 409 g/mol. The van der Waals surface area contributed by atoms with E-state index in [9.17, 15) is 13.2 Å². The summed E-state index contributed by atoms with van der Waals surface area (Å²) < 4.78 is 28.2. The van der Waals surface area contributed by atoms with Crippen molar-refractivity contribution in [1.82, 2.24) is 5.32 Å². The van der Waals surface area contributed by atoms with Crippen LogP contribution >= 0.6 is 11.6 Å². The minimum atomic E-state index is -3.93. The molecule has 0 heterocycles. The van der Waals surface area contributed by atoms with Crippen LogP contribution in [-0.4, -0.2) is 20.9 Å². The lowest BCUT2D eigenvalue weighted by atomic mass is 10.1. The molecule has 0 fully saturated rings. The van der Waals surface area contributed by atoms with E-state index in [1.165, 1.54) is 18.2 Å². The van der Waals surface area contributed by atoms with Crippen molar-refractivity contribution < 1.29 is 13.2 Å². The van der Waals surface area contributed by atoms with Gasteiger partial charge in [-0.25, -0.2) is 8.42 Å². The van der Waals surface area contributed by atoms with Crippen molar-refractivity contribution in [3.8, 4) is 0 Å². The first-order valence-corrected chi connectivity index (χ1v) is 10.8. The van der Waals surface area contributed by atoms with E-state index in [2.05, 4.69) is 17.0 Å². The molecule has 2 aromatic carbocycles. The zero-order valence-corrected chi connectivity index (χ0v) is 17.4. The fourth-order valence-corrected chi connectivity index (χ4v) is 4.32. The molecule has 0 bridgehead atoms. The van der Waals surface area contributed by atoms with E-state index in [0.29, 0.717) is 12.2 Å². The van der Waals surface area contributed by atoms with Gasteiger partial charge in [-0.2, -0.15) is 0 Å². The van der Waals surface area contributed by atoms with Crippen molar-refractivity contribution in [2.45, 2.75) is 44.9 Å². The molecule has 0 spiro atoms. The molecule has 0 atom stereocenters. The lowest BCUT2D eigenvalue weighted by Gasteiger charge is -2.13. The molecule has 2 N–H and O–H groups in total. The first kappa shape index (κ1) is 21.3. The molecule has 0 unspecified atom stereocenters. The number of benzene rings is 2. The Hall–Kier alpha value is -2.05. The number of hydrogen-bond acceptors (Lipinski definition) is 3. The Labute approximate surface area is 166 Å². The normalized spacial score (nSPS) is 11.3. The zero-order valence-electron chi connectivity index (χ0n) is 15.8. The third-order valence-corrected chi connectivity index (χ3v) is 6.02. The molecule has 0 aliphatic carbocycles. The first-order chi connectivity index (χ1) is 12.7. The van der Waals surface area contributed by atoms with Gasteiger partial charge in [0.25, 0.3) is 15.9 Å². The van der Waals surface area contributed by atoms with E-state index in [0.717, 1.165) is 30.4 Å². The second-order valence-corrected chi connectivity index (χ2v) is 8.59. The smallest absolute Gasteiger partial charge is 0.263 e. The number of anilines is 1. The van der Waals surface area contributed by atoms with Gasteiger partial charge >= 0.3 is 0 Å². The summed E-state index contributed by atoms with van der Waals surface area (Å²) in [7, 11) is -3.93. The highest BCUT2D eigenvalue weighted by molar-refractivity contribution is 7.92. The number of hydrogen-bond donors (Lipinski definition) is 2. The first-order valence-electron chi connectivity index (χ1n) is 8.92. The highest BCUT2D eigenvalue weighted by Crippen LogP contribution is 2.26. The fraction of sp³-hybridized carbons (Fsp3) is 0.350. The predicted octanol–water partition coefficient (Wildman–Crippen LogP) is 4.68. The van der Waals surface area contributed by atoms with Crippen LogP contribution in [0.25, 0.3) is 0 Å². The number of rotatable bonds is 8. The van der Waals surface area contributed by atoms with Gasteiger partial charge in [0.2, 0.25) is 0 Å². The molecule has 1 amide bonds. The van der Waals surface area contributed by atoms with E-state index in [4.69, 9.17) is 11.6 Å². The molecule has 0 saturated carbocycles. The van der Waals surface area contributed by atoms with E-state index in [-0.39, 0.29) is 21.4 Å². The molecule has 0 radical (unpaired) electrons. The second kappa shape index (κ2) is 9.24. The lowest BCUT2D eigenvalue weighted by molar-refractivity contribution is 0.0952. The standard InChI is InChI=1S/C20H25ClN2O3S/c1-4-5-6-11-22-20(24)16-8-9-17(21)19(13-16)27(25,26)23-18-10-7-14(2)12-15(18)3/h7-10,12-13,23H,4-6,11H2,1-3H3,(H,22,24). The summed E-state index contributed by atoms with van der Waals surface area (Å²) in [6.07, 6.45) is 2.97. The summed E-state index contributed by atoms with van der Waals surface area (Å²) in [4.78, 5) is 12.2. The van der Waals surface area contributed by atoms with Crippen molar-refractivity contribution in [3.05, 3.63) is 58.1 Å². The van der Waals surface area contributed by atoms with Gasteiger partial charge in [0.05, 0.1) is 10.7 Å². The molecule has 0 aliphatic heterocycles. The molecule has 7 heteroatoms. The van der Waals surface area contributed by atoms with Gasteiger partial charge in [-0.1, -0.05) is 49.1 Å². The van der Waals surface area contributed by atoms with Crippen molar-refractivity contribution >= 4 is 33.2 Å². The number of aryl methyl sites for hydroxylation is 2. The van der Waals surface area contributed by atoms with Gasteiger partial charge in [-0.05, 0) is 50.1 Å². The molecule has 146 valence electrons. The molecule has 2 rings (SSSR count). The van der Waals surface area contributed by atoms with Gasteiger partial charge in [0.15, 0.2) is 0 Å². The fourth-order valence-electron chi connectivity index (χ4n) is 2.66. The van der Waals surface area contributed by atoms with Gasteiger partial charge in [0.1, 0.15) is 4.90 Å². The minimum Gasteiger partial charge on any atom is -0.352 e. The third kappa shape index (κ3) is 5.71. The van der Waals surface area contributed by atoms with Crippen molar-refractivity contribution in [3.63, 3.8) is 0 Å². The Morgan fingerprint density at radius 1 is 1.07 bits per heavy atom. The number of amides is 1. The quantitative estimate of drug-likeness (QED) is 0.623. The van der Waals surface area contributed by atoms with Crippen LogP contribution in [0.5, 0.6) is 0 Å². The van der Waals surface area contributed by atoms with Crippen LogP contribution in [0.2, 0.25) is 5.02 Å². The SMILES string of the molecule is CCCCCNC(=O)c1ccc(Cl)c(S(=O)(=O)Nc2ccc(C)cc2C)c1. The minimum absolute atomic E-state index is 0.0646. The average Bonchev–Trinajstić information content (AvgIpc) is 2.61. The molecule has 5 nitrogen and oxygen atoms in total. The Morgan fingerprint density at radius 3 is 2.48 bits per heavy atom. The Kier molecular flexibility index (Phi) is 7.27. The van der Waals surface area contributed by atoms with Crippen LogP contribution in [0.3, 0.4) is 0 Å². The van der Waals surface area contributed by atoms with Crippen LogP contribution in [0.15, 0.2) is 41.3 Å². The number of sulfonamides is 1. The van der Waals surface area contributed by atoms with E-state index in [1.807, 2.05) is 26.0 Å². The number of unbranched alkanes of at least 4 members (excludes halogenated alkanes) is 2. The Balaban J connectivity index is 2.24. The summed E-state index contributed by atoms with van der Waals surface area (Å²) >= 11 is 6.11. The van der Waals surface area contributed by atoms with Crippen molar-refractivity contribution in [2.75, 3.05) is 11.3 Å². The molecule has 2 aromatic rings. The highest BCUT2D eigenvalue weighted by Gasteiger charge is 2.21. The maximum Gasteiger partial charge on any atom is 0.263 e. The molecule has 0 aliphatic rings. The number of carbonyl (C=O) groups is 1. The highest BCUT2D eigenvalue weighted by atomic mass is 35.5. The van der Waals surface area contributed by atoms with Crippen LogP contribution in [0.1, 0.15) is 47.7 Å². The Bertz CT molecular complexity index is 927. The van der Waals surface area contributed by atoms with Crippen LogP contribution < -0.4 is 10.0 Å². The maximum absolute atomic E-state index is 12.8. The van der Waals surface area contributed by atoms with Crippen molar-refractivity contribution in [2.24, 2.45) is 0 Å². The second-order valence-electron chi connectivity index (χ2n) is 6.53. The molecule has 27 heavy (non-hydrogen) atoms. The van der Waals surface area contributed by atoms with E-state index >= 15 is 0 Å².